The van der Waals surface area contributed by atoms with Gasteiger partial charge in [0, 0.05) is 4.47 Å². The highest BCUT2D eigenvalue weighted by molar-refractivity contribution is 9.10. The zero-order chi connectivity index (χ0) is 10.8. The van der Waals surface area contributed by atoms with Crippen molar-refractivity contribution < 1.29 is 13.2 Å². The van der Waals surface area contributed by atoms with Crippen molar-refractivity contribution in [2.45, 2.75) is 12.1 Å². The van der Waals surface area contributed by atoms with Gasteiger partial charge in [0.1, 0.15) is 0 Å². The van der Waals surface area contributed by atoms with Crippen molar-refractivity contribution >= 4 is 15.9 Å². The third kappa shape index (κ3) is 2.38. The van der Waals surface area contributed by atoms with Crippen LogP contribution in [-0.4, -0.2) is 6.18 Å². The second kappa shape index (κ2) is 4.17. The maximum atomic E-state index is 12.5. The van der Waals surface area contributed by atoms with Crippen LogP contribution in [-0.2, 0) is 0 Å². The lowest BCUT2D eigenvalue weighted by Crippen LogP contribution is -2.18. The smallest absolute Gasteiger partial charge is 0.170 e. The molecule has 1 rings (SSSR count). The van der Waals surface area contributed by atoms with Crippen molar-refractivity contribution in [3.05, 3.63) is 47.0 Å². The molecule has 14 heavy (non-hydrogen) atoms. The Bertz CT molecular complexity index is 330. The van der Waals surface area contributed by atoms with Crippen LogP contribution in [0.5, 0.6) is 0 Å². The molecule has 0 radical (unpaired) electrons. The van der Waals surface area contributed by atoms with E-state index in [2.05, 4.69) is 22.5 Å². The molecule has 76 valence electrons. The maximum absolute atomic E-state index is 12.5. The van der Waals surface area contributed by atoms with Crippen LogP contribution in [0.1, 0.15) is 11.5 Å². The SMILES string of the molecule is C=CC(c1ccccc1Br)C(F)(F)F. The number of alkyl halides is 3. The van der Waals surface area contributed by atoms with E-state index >= 15 is 0 Å². The monoisotopic (exact) mass is 264 g/mol. The van der Waals surface area contributed by atoms with E-state index in [0.717, 1.165) is 6.08 Å². The summed E-state index contributed by atoms with van der Waals surface area (Å²) in [5, 5.41) is 0. The molecule has 0 aliphatic rings. The molecule has 0 fully saturated rings. The van der Waals surface area contributed by atoms with E-state index in [0.29, 0.717) is 4.47 Å². The third-order valence-electron chi connectivity index (χ3n) is 1.83. The number of hydrogen-bond donors (Lipinski definition) is 0. The molecule has 4 heteroatoms. The van der Waals surface area contributed by atoms with Gasteiger partial charge in [0.25, 0.3) is 0 Å². The first-order valence-corrected chi connectivity index (χ1v) is 4.70. The van der Waals surface area contributed by atoms with Gasteiger partial charge in [-0.1, -0.05) is 40.2 Å². The van der Waals surface area contributed by atoms with E-state index in [4.69, 9.17) is 0 Å². The highest BCUT2D eigenvalue weighted by atomic mass is 79.9. The summed E-state index contributed by atoms with van der Waals surface area (Å²) >= 11 is 3.08. The van der Waals surface area contributed by atoms with Crippen molar-refractivity contribution in [1.29, 1.82) is 0 Å². The van der Waals surface area contributed by atoms with Gasteiger partial charge < -0.3 is 0 Å². The highest BCUT2D eigenvalue weighted by Gasteiger charge is 2.39. The number of benzene rings is 1. The number of allylic oxidation sites excluding steroid dienone is 1. The van der Waals surface area contributed by atoms with Gasteiger partial charge in [-0.15, -0.1) is 6.58 Å². The molecule has 0 aliphatic heterocycles. The normalized spacial score (nSPS) is 13.7. The molecular formula is C10H8BrF3. The summed E-state index contributed by atoms with van der Waals surface area (Å²) in [6, 6.07) is 6.26. The molecule has 0 heterocycles. The molecule has 0 aliphatic carbocycles. The summed E-state index contributed by atoms with van der Waals surface area (Å²) in [5.41, 5.74) is 0.190. The largest absolute Gasteiger partial charge is 0.399 e. The van der Waals surface area contributed by atoms with Crippen molar-refractivity contribution in [3.8, 4) is 0 Å². The van der Waals surface area contributed by atoms with Crippen LogP contribution in [0.4, 0.5) is 13.2 Å². The Morgan fingerprint density at radius 2 is 1.86 bits per heavy atom. The van der Waals surface area contributed by atoms with E-state index < -0.39 is 12.1 Å². The Kier molecular flexibility index (Phi) is 3.37. The number of rotatable bonds is 2. The summed E-state index contributed by atoms with van der Waals surface area (Å²) in [5.74, 6) is -1.61. The lowest BCUT2D eigenvalue weighted by atomic mass is 9.99. The third-order valence-corrected chi connectivity index (χ3v) is 2.55. The minimum Gasteiger partial charge on any atom is -0.170 e. The summed E-state index contributed by atoms with van der Waals surface area (Å²) in [6.45, 7) is 3.20. The van der Waals surface area contributed by atoms with Gasteiger partial charge in [0.15, 0.2) is 0 Å². The van der Waals surface area contributed by atoms with Crippen molar-refractivity contribution in [3.63, 3.8) is 0 Å². The van der Waals surface area contributed by atoms with E-state index in [1.165, 1.54) is 6.07 Å². The zero-order valence-corrected chi connectivity index (χ0v) is 8.77. The molecule has 1 aromatic carbocycles. The molecule has 0 aromatic heterocycles. The van der Waals surface area contributed by atoms with Gasteiger partial charge in [-0.3, -0.25) is 0 Å². The fraction of sp³-hybridized carbons (Fsp3) is 0.200. The summed E-state index contributed by atoms with van der Waals surface area (Å²) in [4.78, 5) is 0. The van der Waals surface area contributed by atoms with E-state index in [9.17, 15) is 13.2 Å². The second-order valence-corrected chi connectivity index (χ2v) is 3.63. The Morgan fingerprint density at radius 3 is 2.29 bits per heavy atom. The zero-order valence-electron chi connectivity index (χ0n) is 7.18. The van der Waals surface area contributed by atoms with Crippen molar-refractivity contribution in [2.75, 3.05) is 0 Å². The highest BCUT2D eigenvalue weighted by Crippen LogP contribution is 2.38. The van der Waals surface area contributed by atoms with Crippen LogP contribution in [0.15, 0.2) is 41.4 Å². The summed E-state index contributed by atoms with van der Waals surface area (Å²) in [7, 11) is 0. The molecule has 0 saturated heterocycles. The van der Waals surface area contributed by atoms with Crippen LogP contribution in [0.2, 0.25) is 0 Å². The van der Waals surface area contributed by atoms with Gasteiger partial charge in [0.05, 0.1) is 5.92 Å². The fourth-order valence-electron chi connectivity index (χ4n) is 1.16. The lowest BCUT2D eigenvalue weighted by molar-refractivity contribution is -0.139. The molecule has 0 nitrogen and oxygen atoms in total. The topological polar surface area (TPSA) is 0 Å². The Balaban J connectivity index is 3.14. The standard InChI is InChI=1S/C10H8BrF3/c1-2-8(10(12,13)14)7-5-3-4-6-9(7)11/h2-6,8H,1H2. The van der Waals surface area contributed by atoms with Crippen molar-refractivity contribution in [2.24, 2.45) is 0 Å². The predicted molar refractivity (Wildman–Crippen MR) is 53.1 cm³/mol. The van der Waals surface area contributed by atoms with E-state index in [1.54, 1.807) is 18.2 Å². The maximum Gasteiger partial charge on any atom is 0.399 e. The number of hydrogen-bond acceptors (Lipinski definition) is 0. The number of halogens is 4. The Labute approximate surface area is 88.6 Å². The molecule has 0 bridgehead atoms. The Morgan fingerprint density at radius 1 is 1.29 bits per heavy atom. The molecule has 1 unspecified atom stereocenters. The average molecular weight is 265 g/mol. The minimum atomic E-state index is -4.29. The second-order valence-electron chi connectivity index (χ2n) is 2.78. The minimum absolute atomic E-state index is 0.190. The van der Waals surface area contributed by atoms with Gasteiger partial charge in [-0.05, 0) is 11.6 Å². The van der Waals surface area contributed by atoms with E-state index in [1.807, 2.05) is 0 Å². The van der Waals surface area contributed by atoms with Gasteiger partial charge in [-0.25, -0.2) is 0 Å². The molecule has 0 saturated carbocycles. The van der Waals surface area contributed by atoms with Gasteiger partial charge >= 0.3 is 6.18 Å². The van der Waals surface area contributed by atoms with Crippen molar-refractivity contribution in [1.82, 2.24) is 0 Å². The van der Waals surface area contributed by atoms with Crippen LogP contribution in [0.25, 0.3) is 0 Å². The molecule has 1 aromatic rings. The quantitative estimate of drug-likeness (QED) is 0.700. The molecular weight excluding hydrogens is 257 g/mol. The fourth-order valence-corrected chi connectivity index (χ4v) is 1.70. The Hall–Kier alpha value is -0.770. The lowest BCUT2D eigenvalue weighted by Gasteiger charge is -2.17. The first kappa shape index (κ1) is 11.3. The van der Waals surface area contributed by atoms with E-state index in [-0.39, 0.29) is 5.56 Å². The van der Waals surface area contributed by atoms with Crippen LogP contribution in [0, 0.1) is 0 Å². The molecule has 0 amide bonds. The van der Waals surface area contributed by atoms with Gasteiger partial charge in [0.2, 0.25) is 0 Å². The molecule has 0 spiro atoms. The average Bonchev–Trinajstić information content (AvgIpc) is 2.07. The first-order valence-electron chi connectivity index (χ1n) is 3.90. The van der Waals surface area contributed by atoms with Crippen LogP contribution >= 0.6 is 15.9 Å². The van der Waals surface area contributed by atoms with Crippen LogP contribution in [0.3, 0.4) is 0 Å². The van der Waals surface area contributed by atoms with Gasteiger partial charge in [-0.2, -0.15) is 13.2 Å². The molecule has 1 atom stereocenters. The summed E-state index contributed by atoms with van der Waals surface area (Å²) < 4.78 is 37.9. The predicted octanol–water partition coefficient (Wildman–Crippen LogP) is 4.28. The van der Waals surface area contributed by atoms with Crippen LogP contribution < -0.4 is 0 Å². The first-order chi connectivity index (χ1) is 6.46. The molecule has 0 N–H and O–H groups in total. The summed E-state index contributed by atoms with van der Waals surface area (Å²) in [6.07, 6.45) is -3.38.